The van der Waals surface area contributed by atoms with Crippen molar-refractivity contribution in [3.05, 3.63) is 137 Å². The number of amides is 3. The Balaban J connectivity index is 1.24. The molecule has 0 saturated carbocycles. The molecule has 0 radical (unpaired) electrons. The maximum Gasteiger partial charge on any atom is 0.247 e. The molecule has 1 atom stereocenters. The smallest absolute Gasteiger partial charge is 0.247 e. The van der Waals surface area contributed by atoms with Crippen molar-refractivity contribution >= 4 is 35.2 Å². The number of carbonyl (C=O) groups is 3. The molecular weight excluding hydrogens is 709 g/mol. The molecule has 2 heterocycles. The Bertz CT molecular complexity index is 1950. The van der Waals surface area contributed by atoms with Gasteiger partial charge < -0.3 is 24.5 Å². The van der Waals surface area contributed by atoms with Gasteiger partial charge in [0.2, 0.25) is 17.7 Å². The molecule has 300 valence electrons. The van der Waals surface area contributed by atoms with E-state index < -0.39 is 6.04 Å². The normalized spacial score (nSPS) is 15.8. The van der Waals surface area contributed by atoms with Crippen LogP contribution in [-0.2, 0) is 39.3 Å². The first kappa shape index (κ1) is 41.2. The van der Waals surface area contributed by atoms with E-state index in [2.05, 4.69) is 96.1 Å². The van der Waals surface area contributed by atoms with E-state index in [9.17, 15) is 14.4 Å². The lowest BCUT2D eigenvalue weighted by molar-refractivity contribution is -0.145. The molecule has 0 bridgehead atoms. The summed E-state index contributed by atoms with van der Waals surface area (Å²) in [6.45, 7) is 15.0. The predicted octanol–water partition coefficient (Wildman–Crippen LogP) is 6.72. The van der Waals surface area contributed by atoms with Gasteiger partial charge in [-0.3, -0.25) is 19.3 Å². The summed E-state index contributed by atoms with van der Waals surface area (Å²) in [5.41, 5.74) is 7.66. The minimum Gasteiger partial charge on any atom is -0.378 e. The number of rotatable bonds is 12. The number of hydrogen-bond donors (Lipinski definition) is 0. The van der Waals surface area contributed by atoms with Gasteiger partial charge in [0.05, 0.1) is 0 Å². The highest BCUT2D eigenvalue weighted by Gasteiger charge is 2.34. The predicted molar refractivity (Wildman–Crippen MR) is 232 cm³/mol. The van der Waals surface area contributed by atoms with Gasteiger partial charge in [0, 0.05) is 110 Å². The van der Waals surface area contributed by atoms with Crippen LogP contribution in [0.25, 0.3) is 6.08 Å². The summed E-state index contributed by atoms with van der Waals surface area (Å²) in [6.07, 6.45) is 3.90. The van der Waals surface area contributed by atoms with Crippen LogP contribution in [0.3, 0.4) is 0 Å². The molecule has 2 aliphatic heterocycles. The first-order valence-corrected chi connectivity index (χ1v) is 20.3. The van der Waals surface area contributed by atoms with Crippen molar-refractivity contribution in [1.82, 2.24) is 19.6 Å². The highest BCUT2D eigenvalue weighted by molar-refractivity contribution is 5.96. The number of piperazine rings is 2. The summed E-state index contributed by atoms with van der Waals surface area (Å²) in [7, 11) is 4.09. The van der Waals surface area contributed by atoms with E-state index in [1.807, 2.05) is 72.4 Å². The van der Waals surface area contributed by atoms with E-state index in [4.69, 9.17) is 0 Å². The molecular formula is C48H60N6O3. The molecule has 2 aliphatic rings. The molecule has 9 heteroatoms. The largest absolute Gasteiger partial charge is 0.378 e. The zero-order valence-corrected chi connectivity index (χ0v) is 34.7. The van der Waals surface area contributed by atoms with Crippen LogP contribution >= 0.6 is 0 Å². The van der Waals surface area contributed by atoms with Crippen LogP contribution in [-0.4, -0.2) is 110 Å². The van der Waals surface area contributed by atoms with Crippen molar-refractivity contribution in [3.63, 3.8) is 0 Å². The Morgan fingerprint density at radius 2 is 1.28 bits per heavy atom. The zero-order valence-electron chi connectivity index (χ0n) is 34.7. The summed E-state index contributed by atoms with van der Waals surface area (Å²) in [4.78, 5) is 53.6. The Morgan fingerprint density at radius 1 is 0.684 bits per heavy atom. The average Bonchev–Trinajstić information content (AvgIpc) is 3.22. The van der Waals surface area contributed by atoms with Gasteiger partial charge in [-0.2, -0.15) is 0 Å². The minimum atomic E-state index is -0.697. The number of hydrogen-bond acceptors (Lipinski definition) is 6. The second-order valence-corrected chi connectivity index (χ2v) is 16.7. The van der Waals surface area contributed by atoms with Crippen LogP contribution in [0.15, 0.2) is 109 Å². The molecule has 4 aromatic carbocycles. The van der Waals surface area contributed by atoms with Gasteiger partial charge >= 0.3 is 0 Å². The quantitative estimate of drug-likeness (QED) is 0.149. The van der Waals surface area contributed by atoms with Crippen LogP contribution in [0.5, 0.6) is 0 Å². The molecule has 4 aromatic rings. The van der Waals surface area contributed by atoms with Crippen LogP contribution < -0.4 is 9.80 Å². The Labute approximate surface area is 340 Å². The van der Waals surface area contributed by atoms with E-state index in [0.29, 0.717) is 32.6 Å². The van der Waals surface area contributed by atoms with Gasteiger partial charge in [0.25, 0.3) is 0 Å². The first-order chi connectivity index (χ1) is 27.3. The van der Waals surface area contributed by atoms with Crippen molar-refractivity contribution in [2.24, 2.45) is 0 Å². The molecule has 0 unspecified atom stereocenters. The van der Waals surface area contributed by atoms with E-state index in [0.717, 1.165) is 55.1 Å². The molecule has 0 N–H and O–H groups in total. The standard InChI is InChI=1S/C48H60N6O3/c1-37(55)51-30-32-52(33-31-51)44-23-16-41(17-24-44)36-54(46(56)25-18-38-12-19-42(20-13-38)48(2,3)4)45(34-39-10-8-7-9-11-39)47(57)53-28-26-50(27-29-53)35-40-14-21-43(22-15-40)49(5)6/h7-25,45H,26-36H2,1-6H3/b25-18+/t45-/m0/s1. The molecule has 2 fully saturated rings. The topological polar surface area (TPSA) is 70.6 Å². The Hall–Kier alpha value is -5.41. The molecule has 57 heavy (non-hydrogen) atoms. The van der Waals surface area contributed by atoms with Gasteiger partial charge in [-0.05, 0) is 63.6 Å². The molecule has 3 amide bonds. The highest BCUT2D eigenvalue weighted by Crippen LogP contribution is 2.25. The lowest BCUT2D eigenvalue weighted by atomic mass is 9.87. The lowest BCUT2D eigenvalue weighted by Crippen LogP contribution is -2.56. The maximum absolute atomic E-state index is 14.8. The van der Waals surface area contributed by atoms with E-state index in [1.54, 1.807) is 17.9 Å². The average molecular weight is 769 g/mol. The fourth-order valence-corrected chi connectivity index (χ4v) is 7.65. The molecule has 0 aliphatic carbocycles. The second-order valence-electron chi connectivity index (χ2n) is 16.7. The molecule has 0 spiro atoms. The lowest BCUT2D eigenvalue weighted by Gasteiger charge is -2.39. The van der Waals surface area contributed by atoms with Crippen molar-refractivity contribution in [3.8, 4) is 0 Å². The highest BCUT2D eigenvalue weighted by atomic mass is 16.2. The number of anilines is 2. The number of nitrogens with zero attached hydrogens (tertiary/aromatic N) is 6. The van der Waals surface area contributed by atoms with Crippen LogP contribution in [0.4, 0.5) is 11.4 Å². The van der Waals surface area contributed by atoms with E-state index in [1.165, 1.54) is 16.8 Å². The summed E-state index contributed by atoms with van der Waals surface area (Å²) in [5, 5.41) is 0. The van der Waals surface area contributed by atoms with Gasteiger partial charge in [-0.1, -0.05) is 99.6 Å². The summed E-state index contributed by atoms with van der Waals surface area (Å²) >= 11 is 0. The monoisotopic (exact) mass is 768 g/mol. The third kappa shape index (κ3) is 11.1. The molecule has 0 aromatic heterocycles. The first-order valence-electron chi connectivity index (χ1n) is 20.3. The third-order valence-electron chi connectivity index (χ3n) is 11.3. The summed E-state index contributed by atoms with van der Waals surface area (Å²) in [5.74, 6) is -0.114. The minimum absolute atomic E-state index is 0.0231. The molecule has 9 nitrogen and oxygen atoms in total. The Morgan fingerprint density at radius 3 is 1.86 bits per heavy atom. The van der Waals surface area contributed by atoms with Crippen LogP contribution in [0, 0.1) is 0 Å². The Kier molecular flexibility index (Phi) is 13.5. The second kappa shape index (κ2) is 18.7. The van der Waals surface area contributed by atoms with Gasteiger partial charge in [-0.25, -0.2) is 0 Å². The fraction of sp³-hybridized carbons (Fsp3) is 0.396. The fourth-order valence-electron chi connectivity index (χ4n) is 7.65. The molecule has 2 saturated heterocycles. The van der Waals surface area contributed by atoms with Crippen LogP contribution in [0.2, 0.25) is 0 Å². The van der Waals surface area contributed by atoms with Gasteiger partial charge in [0.15, 0.2) is 0 Å². The van der Waals surface area contributed by atoms with E-state index in [-0.39, 0.29) is 29.7 Å². The van der Waals surface area contributed by atoms with E-state index >= 15 is 0 Å². The number of carbonyl (C=O) groups excluding carboxylic acids is 3. The zero-order chi connectivity index (χ0) is 40.5. The number of benzene rings is 4. The van der Waals surface area contributed by atoms with Crippen molar-refractivity contribution < 1.29 is 14.4 Å². The van der Waals surface area contributed by atoms with Crippen molar-refractivity contribution in [1.29, 1.82) is 0 Å². The SMILES string of the molecule is CC(=O)N1CCN(c2ccc(CN(C(=O)/C=C/c3ccc(C(C)(C)C)cc3)[C@@H](Cc3ccccc3)C(=O)N3CCN(Cc4ccc(N(C)C)cc4)CC3)cc2)CC1. The van der Waals surface area contributed by atoms with Crippen molar-refractivity contribution in [2.75, 3.05) is 76.3 Å². The molecule has 6 rings (SSSR count). The summed E-state index contributed by atoms with van der Waals surface area (Å²) in [6, 6.07) is 34.6. The third-order valence-corrected chi connectivity index (χ3v) is 11.3. The van der Waals surface area contributed by atoms with Crippen LogP contribution in [0.1, 0.15) is 55.5 Å². The summed E-state index contributed by atoms with van der Waals surface area (Å²) < 4.78 is 0. The maximum atomic E-state index is 14.8. The van der Waals surface area contributed by atoms with Gasteiger partial charge in [0.1, 0.15) is 6.04 Å². The van der Waals surface area contributed by atoms with Gasteiger partial charge in [-0.15, -0.1) is 0 Å². The van der Waals surface area contributed by atoms with Crippen molar-refractivity contribution in [2.45, 2.75) is 58.7 Å².